The number of halogens is 2. The summed E-state index contributed by atoms with van der Waals surface area (Å²) in [6, 6.07) is 3.46. The van der Waals surface area contributed by atoms with Gasteiger partial charge in [0.25, 0.3) is 0 Å². The molecule has 30 heavy (non-hydrogen) atoms. The number of benzene rings is 1. The van der Waals surface area contributed by atoms with Crippen molar-refractivity contribution in [2.45, 2.75) is 19.9 Å². The van der Waals surface area contributed by atoms with Crippen molar-refractivity contribution in [2.24, 2.45) is 5.16 Å². The monoisotopic (exact) mass is 413 g/mol. The number of aromatic nitrogens is 6. The normalized spacial score (nSPS) is 13.2. The molecular weight excluding hydrogens is 396 g/mol. The number of nitrogens with zero attached hydrogens (tertiary/aromatic N) is 7. The van der Waals surface area contributed by atoms with Crippen LogP contribution < -0.4 is 0 Å². The molecule has 1 N–H and O–H groups in total. The van der Waals surface area contributed by atoms with E-state index in [4.69, 9.17) is 9.94 Å². The molecule has 3 heterocycles. The molecule has 1 unspecified atom stereocenters. The number of hydrogen-bond donors (Lipinski definition) is 1. The Morgan fingerprint density at radius 1 is 1.33 bits per heavy atom. The Labute approximate surface area is 169 Å². The van der Waals surface area contributed by atoms with Crippen LogP contribution in [0.5, 0.6) is 0 Å². The molecule has 1 aromatic carbocycles. The number of oxime groups is 1. The van der Waals surface area contributed by atoms with Gasteiger partial charge in [0.15, 0.2) is 5.65 Å². The molecule has 0 aliphatic carbocycles. The minimum atomic E-state index is -0.855. The second kappa shape index (κ2) is 8.03. The molecule has 0 radical (unpaired) electrons. The second-order valence-electron chi connectivity index (χ2n) is 6.50. The summed E-state index contributed by atoms with van der Waals surface area (Å²) in [6.07, 6.45) is 2.91. The summed E-state index contributed by atoms with van der Waals surface area (Å²) in [5.74, 6) is -1.46. The molecule has 11 heteroatoms. The zero-order valence-corrected chi connectivity index (χ0v) is 16.1. The fourth-order valence-electron chi connectivity index (χ4n) is 3.07. The minimum Gasteiger partial charge on any atom is -0.393 e. The highest BCUT2D eigenvalue weighted by molar-refractivity contribution is 5.97. The summed E-state index contributed by atoms with van der Waals surface area (Å²) in [5.41, 5.74) is 1.29. The highest BCUT2D eigenvalue weighted by Crippen LogP contribution is 2.30. The van der Waals surface area contributed by atoms with Gasteiger partial charge in [0.05, 0.1) is 24.4 Å². The lowest BCUT2D eigenvalue weighted by atomic mass is 10.0. The van der Waals surface area contributed by atoms with E-state index in [-0.39, 0.29) is 41.0 Å². The van der Waals surface area contributed by atoms with E-state index in [0.29, 0.717) is 11.4 Å². The van der Waals surface area contributed by atoms with E-state index in [1.165, 1.54) is 29.2 Å². The lowest BCUT2D eigenvalue weighted by Gasteiger charge is -2.15. The standard InChI is InChI=1S/C19H17F2N7O2/c1-10(26-30-7-6-29)15-9-23-18-19(24-15)28(27-25-18)11(2)16-13(20)8-14-12(17(16)21)4-3-5-22-14/h3-5,8-9,11,29H,6-7H2,1-2H3/b26-10+. The Morgan fingerprint density at radius 3 is 2.97 bits per heavy atom. The van der Waals surface area contributed by atoms with Gasteiger partial charge < -0.3 is 9.94 Å². The van der Waals surface area contributed by atoms with Crippen molar-refractivity contribution in [3.05, 3.63) is 53.5 Å². The molecule has 0 saturated heterocycles. The predicted octanol–water partition coefficient (Wildman–Crippen LogP) is 2.39. The Morgan fingerprint density at radius 2 is 2.17 bits per heavy atom. The Kier molecular flexibility index (Phi) is 5.27. The fraction of sp³-hybridized carbons (Fsp3) is 0.263. The molecule has 0 fully saturated rings. The van der Waals surface area contributed by atoms with Gasteiger partial charge in [-0.2, -0.15) is 0 Å². The van der Waals surface area contributed by atoms with Crippen LogP contribution in [0.15, 0.2) is 35.7 Å². The van der Waals surface area contributed by atoms with Crippen LogP contribution in [-0.2, 0) is 4.84 Å². The zero-order chi connectivity index (χ0) is 21.3. The lowest BCUT2D eigenvalue weighted by molar-refractivity contribution is 0.0986. The Balaban J connectivity index is 1.79. The van der Waals surface area contributed by atoms with Gasteiger partial charge >= 0.3 is 0 Å². The average Bonchev–Trinajstić information content (AvgIpc) is 3.17. The van der Waals surface area contributed by atoms with Crippen molar-refractivity contribution in [3.63, 3.8) is 0 Å². The molecule has 0 saturated carbocycles. The van der Waals surface area contributed by atoms with E-state index in [0.717, 1.165) is 0 Å². The zero-order valence-electron chi connectivity index (χ0n) is 16.1. The maximum Gasteiger partial charge on any atom is 0.221 e. The van der Waals surface area contributed by atoms with E-state index in [9.17, 15) is 4.39 Å². The summed E-state index contributed by atoms with van der Waals surface area (Å²) in [5, 5.41) is 20.8. The molecular formula is C19H17F2N7O2. The van der Waals surface area contributed by atoms with E-state index >= 15 is 4.39 Å². The molecule has 0 amide bonds. The maximum atomic E-state index is 15.1. The molecule has 0 bridgehead atoms. The summed E-state index contributed by atoms with van der Waals surface area (Å²) < 4.78 is 31.2. The van der Waals surface area contributed by atoms with E-state index in [2.05, 4.69) is 30.4 Å². The third-order valence-electron chi connectivity index (χ3n) is 4.56. The number of aliphatic hydroxyl groups is 1. The smallest absolute Gasteiger partial charge is 0.221 e. The molecule has 0 spiro atoms. The Bertz CT molecular complexity index is 1260. The molecule has 0 aliphatic heterocycles. The van der Waals surface area contributed by atoms with Crippen molar-refractivity contribution in [1.82, 2.24) is 29.9 Å². The van der Waals surface area contributed by atoms with Gasteiger partial charge in [-0.15, -0.1) is 5.10 Å². The quantitative estimate of drug-likeness (QED) is 0.293. The van der Waals surface area contributed by atoms with Gasteiger partial charge in [-0.1, -0.05) is 10.4 Å². The number of pyridine rings is 1. The first-order chi connectivity index (χ1) is 14.5. The number of rotatable bonds is 6. The third kappa shape index (κ3) is 3.43. The van der Waals surface area contributed by atoms with Crippen molar-refractivity contribution >= 4 is 27.9 Å². The van der Waals surface area contributed by atoms with Crippen molar-refractivity contribution < 1.29 is 18.7 Å². The van der Waals surface area contributed by atoms with Crippen LogP contribution in [0.2, 0.25) is 0 Å². The Hall–Kier alpha value is -3.60. The third-order valence-corrected chi connectivity index (χ3v) is 4.56. The molecule has 0 aliphatic rings. The first-order valence-corrected chi connectivity index (χ1v) is 9.09. The molecule has 1 atom stereocenters. The summed E-state index contributed by atoms with van der Waals surface area (Å²) in [6.45, 7) is 3.12. The molecule has 9 nitrogen and oxygen atoms in total. The molecule has 4 aromatic rings. The highest BCUT2D eigenvalue weighted by atomic mass is 19.1. The molecule has 3 aromatic heterocycles. The van der Waals surface area contributed by atoms with Gasteiger partial charge in [-0.05, 0) is 26.0 Å². The summed E-state index contributed by atoms with van der Waals surface area (Å²) >= 11 is 0. The van der Waals surface area contributed by atoms with Crippen LogP contribution in [-0.4, -0.2) is 54.0 Å². The molecule has 154 valence electrons. The van der Waals surface area contributed by atoms with E-state index < -0.39 is 17.7 Å². The van der Waals surface area contributed by atoms with Gasteiger partial charge in [-0.3, -0.25) is 4.98 Å². The maximum absolute atomic E-state index is 15.1. The topological polar surface area (TPSA) is 111 Å². The highest BCUT2D eigenvalue weighted by Gasteiger charge is 2.24. The first-order valence-electron chi connectivity index (χ1n) is 9.09. The molecule has 4 rings (SSSR count). The predicted molar refractivity (Wildman–Crippen MR) is 104 cm³/mol. The van der Waals surface area contributed by atoms with Crippen LogP contribution in [0.4, 0.5) is 8.78 Å². The van der Waals surface area contributed by atoms with Crippen LogP contribution >= 0.6 is 0 Å². The average molecular weight is 413 g/mol. The summed E-state index contributed by atoms with van der Waals surface area (Å²) in [4.78, 5) is 17.5. The van der Waals surface area contributed by atoms with Crippen LogP contribution in [0.3, 0.4) is 0 Å². The van der Waals surface area contributed by atoms with Crippen molar-refractivity contribution in [2.75, 3.05) is 13.2 Å². The van der Waals surface area contributed by atoms with E-state index in [1.807, 2.05) is 0 Å². The van der Waals surface area contributed by atoms with Crippen LogP contribution in [0, 0.1) is 11.6 Å². The van der Waals surface area contributed by atoms with Crippen molar-refractivity contribution in [1.29, 1.82) is 0 Å². The SMILES string of the molecule is C/C(=N\OCCO)c1cnc2nnn(C(C)c3c(F)cc4ncccc4c3F)c2n1. The number of aliphatic hydroxyl groups excluding tert-OH is 1. The fourth-order valence-corrected chi connectivity index (χ4v) is 3.07. The van der Waals surface area contributed by atoms with Gasteiger partial charge in [0.1, 0.15) is 29.6 Å². The number of fused-ring (bicyclic) bond motifs is 2. The largest absolute Gasteiger partial charge is 0.393 e. The van der Waals surface area contributed by atoms with Gasteiger partial charge in [0.2, 0.25) is 5.65 Å². The minimum absolute atomic E-state index is 0.0406. The van der Waals surface area contributed by atoms with E-state index in [1.54, 1.807) is 19.9 Å². The van der Waals surface area contributed by atoms with Gasteiger partial charge in [0, 0.05) is 23.2 Å². The summed E-state index contributed by atoms with van der Waals surface area (Å²) in [7, 11) is 0. The van der Waals surface area contributed by atoms with Crippen molar-refractivity contribution in [3.8, 4) is 0 Å². The van der Waals surface area contributed by atoms with Gasteiger partial charge in [-0.25, -0.2) is 23.4 Å². The first kappa shape index (κ1) is 19.7. The van der Waals surface area contributed by atoms with Crippen LogP contribution in [0.25, 0.3) is 22.2 Å². The lowest BCUT2D eigenvalue weighted by Crippen LogP contribution is -2.14. The number of hydrogen-bond acceptors (Lipinski definition) is 8. The second-order valence-corrected chi connectivity index (χ2v) is 6.50. The van der Waals surface area contributed by atoms with Crippen LogP contribution in [0.1, 0.15) is 31.1 Å².